The van der Waals surface area contributed by atoms with E-state index in [0.29, 0.717) is 13.3 Å². The summed E-state index contributed by atoms with van der Waals surface area (Å²) in [6.07, 6.45) is 1.25. The number of hydrogen-bond donors (Lipinski definition) is 1. The summed E-state index contributed by atoms with van der Waals surface area (Å²) in [5, 5.41) is 2.82. The quantitative estimate of drug-likeness (QED) is 0.685. The SMILES string of the molecule is CC(C)(C)OC(=O)NCCc1ccc2c(c1)CN(CCc1ccc3c(c1)OC(C)(C)O3)CO2. The molecule has 0 saturated heterocycles. The lowest BCUT2D eigenvalue weighted by Gasteiger charge is -2.29. The lowest BCUT2D eigenvalue weighted by Crippen LogP contribution is -2.34. The number of ether oxygens (including phenoxy) is 4. The van der Waals surface area contributed by atoms with Crippen molar-refractivity contribution in [1.29, 1.82) is 0 Å². The second-order valence-electron chi connectivity index (χ2n) is 10.1. The summed E-state index contributed by atoms with van der Waals surface area (Å²) in [6, 6.07) is 12.4. The van der Waals surface area contributed by atoms with E-state index in [1.54, 1.807) is 0 Å². The van der Waals surface area contributed by atoms with Crippen molar-refractivity contribution in [2.75, 3.05) is 19.8 Å². The highest BCUT2D eigenvalue weighted by atomic mass is 16.7. The maximum Gasteiger partial charge on any atom is 0.407 e. The first kappa shape index (κ1) is 23.2. The molecule has 7 nitrogen and oxygen atoms in total. The molecule has 2 aromatic carbocycles. The summed E-state index contributed by atoms with van der Waals surface area (Å²) in [5.74, 6) is 1.93. The number of nitrogens with zero attached hydrogens (tertiary/aromatic N) is 1. The van der Waals surface area contributed by atoms with Gasteiger partial charge in [-0.3, -0.25) is 4.90 Å². The van der Waals surface area contributed by atoms with Gasteiger partial charge in [0.05, 0.1) is 0 Å². The number of carbonyl (C=O) groups is 1. The van der Waals surface area contributed by atoms with E-state index in [-0.39, 0.29) is 6.09 Å². The van der Waals surface area contributed by atoms with E-state index in [4.69, 9.17) is 18.9 Å². The minimum atomic E-state index is -0.606. The predicted molar refractivity (Wildman–Crippen MR) is 126 cm³/mol. The lowest BCUT2D eigenvalue weighted by atomic mass is 10.1. The van der Waals surface area contributed by atoms with Gasteiger partial charge in [-0.15, -0.1) is 0 Å². The molecule has 0 aliphatic carbocycles. The summed E-state index contributed by atoms with van der Waals surface area (Å²) in [5.41, 5.74) is 3.05. The molecule has 7 heteroatoms. The number of nitrogens with one attached hydrogen (secondary N) is 1. The molecule has 2 aromatic rings. The molecule has 33 heavy (non-hydrogen) atoms. The average Bonchev–Trinajstić information content (AvgIpc) is 3.03. The van der Waals surface area contributed by atoms with Gasteiger partial charge in [-0.1, -0.05) is 18.2 Å². The molecule has 0 saturated carbocycles. The van der Waals surface area contributed by atoms with Crippen LogP contribution >= 0.6 is 0 Å². The number of fused-ring (bicyclic) bond motifs is 2. The van der Waals surface area contributed by atoms with Gasteiger partial charge in [-0.25, -0.2) is 4.79 Å². The summed E-state index contributed by atoms with van der Waals surface area (Å²) in [6.45, 7) is 12.2. The number of carbonyl (C=O) groups excluding carboxylic acids is 1. The van der Waals surface area contributed by atoms with Crippen LogP contribution in [0, 0.1) is 0 Å². The number of alkyl carbamates (subject to hydrolysis) is 1. The lowest BCUT2D eigenvalue weighted by molar-refractivity contribution is -0.0431. The van der Waals surface area contributed by atoms with E-state index in [1.807, 2.05) is 46.8 Å². The van der Waals surface area contributed by atoms with Gasteiger partial charge in [-0.05, 0) is 62.9 Å². The summed E-state index contributed by atoms with van der Waals surface area (Å²) < 4.78 is 22.9. The van der Waals surface area contributed by atoms with Crippen LogP contribution < -0.4 is 19.5 Å². The molecular formula is C26H34N2O5. The van der Waals surface area contributed by atoms with Crippen LogP contribution in [-0.2, 0) is 24.1 Å². The van der Waals surface area contributed by atoms with Crippen LogP contribution in [0.15, 0.2) is 36.4 Å². The molecule has 2 aliphatic heterocycles. The van der Waals surface area contributed by atoms with Crippen molar-refractivity contribution in [2.24, 2.45) is 0 Å². The molecule has 0 spiro atoms. The van der Waals surface area contributed by atoms with E-state index in [1.165, 1.54) is 11.1 Å². The zero-order valence-electron chi connectivity index (χ0n) is 20.2. The number of hydrogen-bond acceptors (Lipinski definition) is 6. The smallest absolute Gasteiger partial charge is 0.407 e. The number of rotatable bonds is 6. The standard InChI is InChI=1S/C26H34N2O5/c1-25(2,3)33-24(29)27-12-10-18-6-8-21-20(14-18)16-28(17-30-21)13-11-19-7-9-22-23(15-19)32-26(4,5)31-22/h6-9,14-15H,10-13,16-17H2,1-5H3,(H,27,29). The van der Waals surface area contributed by atoms with E-state index >= 15 is 0 Å². The van der Waals surface area contributed by atoms with Crippen LogP contribution in [0.4, 0.5) is 4.79 Å². The zero-order valence-corrected chi connectivity index (χ0v) is 20.2. The van der Waals surface area contributed by atoms with E-state index in [0.717, 1.165) is 48.7 Å². The maximum absolute atomic E-state index is 11.8. The predicted octanol–water partition coefficient (Wildman–Crippen LogP) is 4.66. The van der Waals surface area contributed by atoms with Crippen LogP contribution in [-0.4, -0.2) is 42.2 Å². The van der Waals surface area contributed by atoms with Crippen LogP contribution in [0.1, 0.15) is 51.3 Å². The third kappa shape index (κ3) is 6.32. The summed E-state index contributed by atoms with van der Waals surface area (Å²) >= 11 is 0. The van der Waals surface area contributed by atoms with Crippen molar-refractivity contribution < 1.29 is 23.7 Å². The average molecular weight is 455 g/mol. The molecule has 0 unspecified atom stereocenters. The van der Waals surface area contributed by atoms with Gasteiger partial charge in [0.25, 0.3) is 0 Å². The van der Waals surface area contributed by atoms with Crippen LogP contribution in [0.3, 0.4) is 0 Å². The van der Waals surface area contributed by atoms with Crippen molar-refractivity contribution >= 4 is 6.09 Å². The van der Waals surface area contributed by atoms with Crippen LogP contribution in [0.25, 0.3) is 0 Å². The minimum Gasteiger partial charge on any atom is -0.478 e. The number of benzene rings is 2. The van der Waals surface area contributed by atoms with Crippen LogP contribution in [0.5, 0.6) is 17.2 Å². The molecular weight excluding hydrogens is 420 g/mol. The summed E-state index contributed by atoms with van der Waals surface area (Å²) in [4.78, 5) is 14.1. The van der Waals surface area contributed by atoms with Gasteiger partial charge in [0, 0.05) is 39.0 Å². The molecule has 0 radical (unpaired) electrons. The molecule has 2 aliphatic rings. The molecule has 2 heterocycles. The normalized spacial score (nSPS) is 16.6. The Morgan fingerprint density at radius 3 is 2.48 bits per heavy atom. The monoisotopic (exact) mass is 454 g/mol. The van der Waals surface area contributed by atoms with Gasteiger partial charge in [-0.2, -0.15) is 0 Å². The zero-order chi connectivity index (χ0) is 23.6. The molecule has 1 N–H and O–H groups in total. The molecule has 0 fully saturated rings. The molecule has 1 amide bonds. The van der Waals surface area contributed by atoms with E-state index in [2.05, 4.69) is 34.5 Å². The Morgan fingerprint density at radius 1 is 1.03 bits per heavy atom. The van der Waals surface area contributed by atoms with Gasteiger partial charge in [0.15, 0.2) is 11.5 Å². The second kappa shape index (κ2) is 9.14. The summed E-state index contributed by atoms with van der Waals surface area (Å²) in [7, 11) is 0. The van der Waals surface area contributed by atoms with E-state index in [9.17, 15) is 4.79 Å². The Balaban J connectivity index is 1.28. The molecule has 0 atom stereocenters. The highest BCUT2D eigenvalue weighted by Gasteiger charge is 2.31. The Bertz CT molecular complexity index is 1010. The van der Waals surface area contributed by atoms with Crippen molar-refractivity contribution in [1.82, 2.24) is 10.2 Å². The van der Waals surface area contributed by atoms with Gasteiger partial charge < -0.3 is 24.3 Å². The third-order valence-electron chi connectivity index (χ3n) is 5.44. The molecule has 178 valence electrons. The van der Waals surface area contributed by atoms with Crippen molar-refractivity contribution in [3.8, 4) is 17.2 Å². The van der Waals surface area contributed by atoms with Crippen molar-refractivity contribution in [3.05, 3.63) is 53.1 Å². The Morgan fingerprint density at radius 2 is 1.73 bits per heavy atom. The first-order chi connectivity index (χ1) is 15.6. The van der Waals surface area contributed by atoms with Gasteiger partial charge in [0.2, 0.25) is 5.79 Å². The topological polar surface area (TPSA) is 69.3 Å². The third-order valence-corrected chi connectivity index (χ3v) is 5.44. The van der Waals surface area contributed by atoms with Gasteiger partial charge in [0.1, 0.15) is 18.1 Å². The Labute approximate surface area is 196 Å². The fraction of sp³-hybridized carbons (Fsp3) is 0.500. The maximum atomic E-state index is 11.8. The van der Waals surface area contributed by atoms with E-state index < -0.39 is 11.4 Å². The Hall–Kier alpha value is -2.93. The second-order valence-corrected chi connectivity index (χ2v) is 10.1. The highest BCUT2D eigenvalue weighted by molar-refractivity contribution is 5.67. The first-order valence-corrected chi connectivity index (χ1v) is 11.5. The highest BCUT2D eigenvalue weighted by Crippen LogP contribution is 2.39. The number of amides is 1. The molecule has 4 rings (SSSR count). The fourth-order valence-corrected chi connectivity index (χ4v) is 3.98. The molecule has 0 bridgehead atoms. The largest absolute Gasteiger partial charge is 0.478 e. The Kier molecular flexibility index (Phi) is 6.43. The van der Waals surface area contributed by atoms with Crippen molar-refractivity contribution in [2.45, 2.75) is 65.4 Å². The van der Waals surface area contributed by atoms with Crippen LogP contribution in [0.2, 0.25) is 0 Å². The fourth-order valence-electron chi connectivity index (χ4n) is 3.98. The van der Waals surface area contributed by atoms with Gasteiger partial charge >= 0.3 is 6.09 Å². The first-order valence-electron chi connectivity index (χ1n) is 11.5. The van der Waals surface area contributed by atoms with Crippen molar-refractivity contribution in [3.63, 3.8) is 0 Å². The molecule has 0 aromatic heterocycles. The minimum absolute atomic E-state index is 0.387.